The van der Waals surface area contributed by atoms with Crippen LogP contribution < -0.4 is 10.6 Å². The first-order chi connectivity index (χ1) is 8.97. The summed E-state index contributed by atoms with van der Waals surface area (Å²) in [6.07, 6.45) is 2.28. The molecule has 5 heteroatoms. The van der Waals surface area contributed by atoms with Crippen LogP contribution in [0.2, 0.25) is 0 Å². The van der Waals surface area contributed by atoms with Gasteiger partial charge in [0, 0.05) is 36.6 Å². The lowest BCUT2D eigenvalue weighted by Gasteiger charge is -2.35. The Bertz CT molecular complexity index is 466. The number of piperidine rings is 1. The summed E-state index contributed by atoms with van der Waals surface area (Å²) in [5.41, 5.74) is 7.14. The minimum absolute atomic E-state index is 0.0704. The molecule has 0 bridgehead atoms. The molecule has 1 heterocycles. The molecule has 1 aromatic carbocycles. The van der Waals surface area contributed by atoms with E-state index in [-0.39, 0.29) is 10.6 Å². The highest BCUT2D eigenvalue weighted by Gasteiger charge is 2.22. The third-order valence-electron chi connectivity index (χ3n) is 3.98. The quantitative estimate of drug-likeness (QED) is 0.517. The van der Waals surface area contributed by atoms with Crippen molar-refractivity contribution in [1.29, 1.82) is 0 Å². The highest BCUT2D eigenvalue weighted by atomic mass is 16.6. The van der Waals surface area contributed by atoms with Gasteiger partial charge in [0.25, 0.3) is 5.69 Å². The van der Waals surface area contributed by atoms with Gasteiger partial charge < -0.3 is 10.6 Å². The van der Waals surface area contributed by atoms with Crippen molar-refractivity contribution in [3.63, 3.8) is 0 Å². The zero-order valence-electron chi connectivity index (χ0n) is 11.5. The third kappa shape index (κ3) is 3.16. The predicted molar refractivity (Wildman–Crippen MR) is 77.3 cm³/mol. The van der Waals surface area contributed by atoms with Gasteiger partial charge in [-0.1, -0.05) is 13.8 Å². The molecule has 2 rings (SSSR count). The number of rotatable bonds is 3. The van der Waals surface area contributed by atoms with Crippen LogP contribution in [-0.4, -0.2) is 18.0 Å². The number of nitrogen functional groups attached to an aromatic ring is 1. The highest BCUT2D eigenvalue weighted by Crippen LogP contribution is 2.31. The summed E-state index contributed by atoms with van der Waals surface area (Å²) in [7, 11) is 0. The molecular formula is C14H21N3O2. The molecule has 1 aliphatic rings. The number of hydrogen-bond acceptors (Lipinski definition) is 4. The molecule has 0 spiro atoms. The minimum Gasteiger partial charge on any atom is -0.398 e. The van der Waals surface area contributed by atoms with Crippen molar-refractivity contribution in [2.75, 3.05) is 23.7 Å². The number of benzene rings is 1. The number of nitrogens with zero attached hydrogens (tertiary/aromatic N) is 2. The molecule has 0 saturated carbocycles. The van der Waals surface area contributed by atoms with Gasteiger partial charge >= 0.3 is 0 Å². The molecule has 1 fully saturated rings. The van der Waals surface area contributed by atoms with E-state index in [0.717, 1.165) is 37.5 Å². The zero-order valence-corrected chi connectivity index (χ0v) is 11.5. The molecule has 1 aromatic rings. The number of nitro groups is 1. The zero-order chi connectivity index (χ0) is 14.0. The van der Waals surface area contributed by atoms with Crippen LogP contribution in [0, 0.1) is 22.0 Å². The number of non-ortho nitro benzene ring substituents is 1. The number of anilines is 2. The van der Waals surface area contributed by atoms with Crippen LogP contribution in [0.4, 0.5) is 17.1 Å². The topological polar surface area (TPSA) is 72.4 Å². The number of nitro benzene ring substituents is 1. The van der Waals surface area contributed by atoms with Crippen molar-refractivity contribution in [2.45, 2.75) is 26.7 Å². The summed E-state index contributed by atoms with van der Waals surface area (Å²) in [5.74, 6) is 1.46. The Morgan fingerprint density at radius 1 is 1.32 bits per heavy atom. The number of hydrogen-bond donors (Lipinski definition) is 1. The average molecular weight is 263 g/mol. The fourth-order valence-corrected chi connectivity index (χ4v) is 2.73. The molecule has 2 N–H and O–H groups in total. The SMILES string of the molecule is CC(C)C1CCN(c2cc(N)cc([N+](=O)[O-])c2)CC1. The van der Waals surface area contributed by atoms with Crippen LogP contribution in [0.5, 0.6) is 0 Å². The maximum absolute atomic E-state index is 10.9. The molecule has 19 heavy (non-hydrogen) atoms. The Balaban J connectivity index is 2.13. The Morgan fingerprint density at radius 3 is 2.47 bits per heavy atom. The van der Waals surface area contributed by atoms with Gasteiger partial charge in [0.05, 0.1) is 4.92 Å². The van der Waals surface area contributed by atoms with Crippen LogP contribution in [-0.2, 0) is 0 Å². The van der Waals surface area contributed by atoms with Crippen LogP contribution in [0.3, 0.4) is 0 Å². The second-order valence-electron chi connectivity index (χ2n) is 5.61. The van der Waals surface area contributed by atoms with Gasteiger partial charge in [0.15, 0.2) is 0 Å². The summed E-state index contributed by atoms with van der Waals surface area (Å²) in [6, 6.07) is 4.85. The van der Waals surface area contributed by atoms with E-state index in [1.807, 2.05) is 6.07 Å². The molecule has 1 aliphatic heterocycles. The molecule has 0 aromatic heterocycles. The van der Waals surface area contributed by atoms with Gasteiger partial charge in [-0.2, -0.15) is 0 Å². The fourth-order valence-electron chi connectivity index (χ4n) is 2.73. The first-order valence-electron chi connectivity index (χ1n) is 6.77. The van der Waals surface area contributed by atoms with E-state index in [1.165, 1.54) is 6.07 Å². The van der Waals surface area contributed by atoms with Crippen LogP contribution in [0.15, 0.2) is 18.2 Å². The maximum atomic E-state index is 10.9. The van der Waals surface area contributed by atoms with Gasteiger partial charge in [-0.25, -0.2) is 0 Å². The second-order valence-corrected chi connectivity index (χ2v) is 5.61. The summed E-state index contributed by atoms with van der Waals surface area (Å²) in [5, 5.41) is 10.9. The lowest BCUT2D eigenvalue weighted by molar-refractivity contribution is -0.384. The Morgan fingerprint density at radius 2 is 1.95 bits per heavy atom. The van der Waals surface area contributed by atoms with Crippen molar-refractivity contribution in [3.05, 3.63) is 28.3 Å². The minimum atomic E-state index is -0.388. The predicted octanol–water partition coefficient (Wildman–Crippen LogP) is 3.05. The van der Waals surface area contributed by atoms with Gasteiger partial charge in [0.2, 0.25) is 0 Å². The summed E-state index contributed by atoms with van der Waals surface area (Å²) in [4.78, 5) is 12.7. The maximum Gasteiger partial charge on any atom is 0.273 e. The summed E-state index contributed by atoms with van der Waals surface area (Å²) < 4.78 is 0. The second kappa shape index (κ2) is 5.47. The molecule has 104 valence electrons. The van der Waals surface area contributed by atoms with Crippen molar-refractivity contribution >= 4 is 17.1 Å². The first kappa shape index (κ1) is 13.6. The van der Waals surface area contributed by atoms with Crippen molar-refractivity contribution in [2.24, 2.45) is 11.8 Å². The van der Waals surface area contributed by atoms with Crippen LogP contribution in [0.25, 0.3) is 0 Å². The van der Waals surface area contributed by atoms with Crippen molar-refractivity contribution in [3.8, 4) is 0 Å². The lowest BCUT2D eigenvalue weighted by atomic mass is 9.86. The number of nitrogens with two attached hydrogens (primary N) is 1. The molecule has 1 saturated heterocycles. The first-order valence-corrected chi connectivity index (χ1v) is 6.77. The highest BCUT2D eigenvalue weighted by molar-refractivity contribution is 5.62. The summed E-state index contributed by atoms with van der Waals surface area (Å²) >= 11 is 0. The van der Waals surface area contributed by atoms with Crippen LogP contribution in [0.1, 0.15) is 26.7 Å². The lowest BCUT2D eigenvalue weighted by Crippen LogP contribution is -2.35. The van der Waals surface area contributed by atoms with Gasteiger partial charge in [-0.3, -0.25) is 10.1 Å². The standard InChI is InChI=1S/C14H21N3O2/c1-10(2)11-3-5-16(6-4-11)13-7-12(15)8-14(9-13)17(18)19/h7-11H,3-6,15H2,1-2H3. The van der Waals surface area contributed by atoms with E-state index in [9.17, 15) is 10.1 Å². The Kier molecular flexibility index (Phi) is 3.93. The van der Waals surface area contributed by atoms with E-state index in [4.69, 9.17) is 5.73 Å². The summed E-state index contributed by atoms with van der Waals surface area (Å²) in [6.45, 7) is 6.41. The Hall–Kier alpha value is -1.78. The third-order valence-corrected chi connectivity index (χ3v) is 3.98. The van der Waals surface area contributed by atoms with Crippen molar-refractivity contribution in [1.82, 2.24) is 0 Å². The molecular weight excluding hydrogens is 242 g/mol. The van der Waals surface area contributed by atoms with E-state index in [2.05, 4.69) is 18.7 Å². The van der Waals surface area contributed by atoms with E-state index >= 15 is 0 Å². The van der Waals surface area contributed by atoms with Gasteiger partial charge in [0.1, 0.15) is 0 Å². The normalized spacial score (nSPS) is 16.9. The molecule has 5 nitrogen and oxygen atoms in total. The largest absolute Gasteiger partial charge is 0.398 e. The molecule has 0 radical (unpaired) electrons. The van der Waals surface area contributed by atoms with Crippen molar-refractivity contribution < 1.29 is 4.92 Å². The van der Waals surface area contributed by atoms with E-state index < -0.39 is 0 Å². The molecule has 0 atom stereocenters. The molecule has 0 unspecified atom stereocenters. The van der Waals surface area contributed by atoms with Crippen LogP contribution >= 0.6 is 0 Å². The molecule has 0 aliphatic carbocycles. The average Bonchev–Trinajstić information content (AvgIpc) is 2.38. The fraction of sp³-hybridized carbons (Fsp3) is 0.571. The van der Waals surface area contributed by atoms with E-state index in [1.54, 1.807) is 6.07 Å². The smallest absolute Gasteiger partial charge is 0.273 e. The Labute approximate surface area is 113 Å². The van der Waals surface area contributed by atoms with E-state index in [0.29, 0.717) is 11.6 Å². The molecule has 0 amide bonds. The van der Waals surface area contributed by atoms with Gasteiger partial charge in [-0.15, -0.1) is 0 Å². The van der Waals surface area contributed by atoms with Gasteiger partial charge in [-0.05, 0) is 30.7 Å². The monoisotopic (exact) mass is 263 g/mol.